The summed E-state index contributed by atoms with van der Waals surface area (Å²) in [7, 11) is 0. The first-order valence-corrected chi connectivity index (χ1v) is 6.70. The van der Waals surface area contributed by atoms with Crippen molar-refractivity contribution in [1.82, 2.24) is 10.2 Å². The predicted octanol–water partition coefficient (Wildman–Crippen LogP) is 1.60. The molecular weight excluding hydrogens is 293 g/mol. The molecule has 0 aromatic heterocycles. The molecule has 1 saturated heterocycles. The van der Waals surface area contributed by atoms with E-state index in [1.807, 2.05) is 0 Å². The molecule has 0 aliphatic carbocycles. The molecule has 1 aliphatic rings. The smallest absolute Gasteiger partial charge is 0.406 e. The quantitative estimate of drug-likeness (QED) is 0.781. The van der Waals surface area contributed by atoms with Crippen LogP contribution in [0, 0.1) is 0 Å². The van der Waals surface area contributed by atoms with Gasteiger partial charge in [-0.15, -0.1) is 0 Å². The van der Waals surface area contributed by atoms with E-state index in [9.17, 15) is 22.8 Å². The molecule has 6 nitrogen and oxygen atoms in total. The molecular formula is C12H19F3N2O4. The average molecular weight is 312 g/mol. The number of carbonyl (C=O) groups excluding carboxylic acids is 1. The van der Waals surface area contributed by atoms with Crippen LogP contribution in [0.3, 0.4) is 0 Å². The zero-order chi connectivity index (χ0) is 16.0. The normalized spacial score (nSPS) is 22.1. The Labute approximate surface area is 120 Å². The van der Waals surface area contributed by atoms with Crippen LogP contribution in [-0.4, -0.2) is 60.0 Å². The minimum Gasteiger partial charge on any atom is -0.479 e. The standard InChI is InChI=1S/C12H19F3N2O4/c1-2-5-17(7-12(13,14)15)11(20)16-6-8-3-4-9(21-8)10(18)19/h8-9H,2-7H2,1H3,(H,16,20)(H,18,19). The molecule has 0 aromatic carbocycles. The monoisotopic (exact) mass is 312 g/mol. The molecule has 0 spiro atoms. The lowest BCUT2D eigenvalue weighted by molar-refractivity contribution is -0.149. The highest BCUT2D eigenvalue weighted by Gasteiger charge is 2.34. The maximum Gasteiger partial charge on any atom is 0.406 e. The van der Waals surface area contributed by atoms with Crippen LogP contribution < -0.4 is 5.32 Å². The molecule has 2 atom stereocenters. The van der Waals surface area contributed by atoms with E-state index in [2.05, 4.69) is 5.32 Å². The highest BCUT2D eigenvalue weighted by atomic mass is 19.4. The van der Waals surface area contributed by atoms with Gasteiger partial charge in [0.25, 0.3) is 0 Å². The predicted molar refractivity (Wildman–Crippen MR) is 66.8 cm³/mol. The Hall–Kier alpha value is -1.51. The van der Waals surface area contributed by atoms with Gasteiger partial charge in [-0.2, -0.15) is 13.2 Å². The van der Waals surface area contributed by atoms with E-state index in [1.54, 1.807) is 6.92 Å². The summed E-state index contributed by atoms with van der Waals surface area (Å²) in [6, 6.07) is -0.823. The van der Waals surface area contributed by atoms with Crippen LogP contribution >= 0.6 is 0 Å². The van der Waals surface area contributed by atoms with Crippen LogP contribution in [0.15, 0.2) is 0 Å². The van der Waals surface area contributed by atoms with Gasteiger partial charge in [-0.1, -0.05) is 6.92 Å². The summed E-state index contributed by atoms with van der Waals surface area (Å²) in [5, 5.41) is 11.1. The molecule has 2 unspecified atom stereocenters. The second-order valence-corrected chi connectivity index (χ2v) is 4.89. The van der Waals surface area contributed by atoms with E-state index in [0.717, 1.165) is 0 Å². The largest absolute Gasteiger partial charge is 0.479 e. The van der Waals surface area contributed by atoms with Gasteiger partial charge in [-0.25, -0.2) is 9.59 Å². The van der Waals surface area contributed by atoms with Crippen molar-refractivity contribution in [2.45, 2.75) is 44.6 Å². The number of urea groups is 1. The lowest BCUT2D eigenvalue weighted by Gasteiger charge is -2.24. The molecule has 0 bridgehead atoms. The van der Waals surface area contributed by atoms with Crippen LogP contribution in [0.1, 0.15) is 26.2 Å². The lowest BCUT2D eigenvalue weighted by Crippen LogP contribution is -2.47. The van der Waals surface area contributed by atoms with Crippen LogP contribution in [0.25, 0.3) is 0 Å². The van der Waals surface area contributed by atoms with Gasteiger partial charge in [0.05, 0.1) is 6.10 Å². The molecule has 1 rings (SSSR count). The zero-order valence-electron chi connectivity index (χ0n) is 11.7. The van der Waals surface area contributed by atoms with E-state index in [-0.39, 0.29) is 13.1 Å². The number of carbonyl (C=O) groups is 2. The van der Waals surface area contributed by atoms with Crippen LogP contribution in [0.5, 0.6) is 0 Å². The number of hydrogen-bond acceptors (Lipinski definition) is 3. The SMILES string of the molecule is CCCN(CC(F)(F)F)C(=O)NCC1CCC(C(=O)O)O1. The van der Waals surface area contributed by atoms with Crippen LogP contribution in [0.2, 0.25) is 0 Å². The van der Waals surface area contributed by atoms with Gasteiger partial charge in [0.15, 0.2) is 6.10 Å². The third kappa shape index (κ3) is 6.19. The van der Waals surface area contributed by atoms with E-state index >= 15 is 0 Å². The van der Waals surface area contributed by atoms with Crippen LogP contribution in [-0.2, 0) is 9.53 Å². The van der Waals surface area contributed by atoms with E-state index in [0.29, 0.717) is 24.2 Å². The number of halogens is 3. The molecule has 1 heterocycles. The topological polar surface area (TPSA) is 78.9 Å². The summed E-state index contributed by atoms with van der Waals surface area (Å²) < 4.78 is 42.2. The number of nitrogens with one attached hydrogen (secondary N) is 1. The van der Waals surface area contributed by atoms with Gasteiger partial charge in [0, 0.05) is 13.1 Å². The Morgan fingerprint density at radius 2 is 2.05 bits per heavy atom. The number of aliphatic carboxylic acids is 1. The molecule has 21 heavy (non-hydrogen) atoms. The number of rotatable bonds is 6. The summed E-state index contributed by atoms with van der Waals surface area (Å²) >= 11 is 0. The number of carboxylic acid groups (broad SMARTS) is 1. The fourth-order valence-corrected chi connectivity index (χ4v) is 2.09. The van der Waals surface area contributed by atoms with Crippen molar-refractivity contribution in [2.24, 2.45) is 0 Å². The first-order valence-electron chi connectivity index (χ1n) is 6.70. The molecule has 122 valence electrons. The molecule has 2 N–H and O–H groups in total. The summed E-state index contributed by atoms with van der Waals surface area (Å²) in [4.78, 5) is 23.1. The van der Waals surface area contributed by atoms with E-state index in [1.165, 1.54) is 0 Å². The van der Waals surface area contributed by atoms with Gasteiger partial charge < -0.3 is 20.1 Å². The number of ether oxygens (including phenoxy) is 1. The number of carboxylic acids is 1. The third-order valence-electron chi connectivity index (χ3n) is 3.01. The van der Waals surface area contributed by atoms with Crippen molar-refractivity contribution in [3.8, 4) is 0 Å². The van der Waals surface area contributed by atoms with Crippen LogP contribution in [0.4, 0.5) is 18.0 Å². The fraction of sp³-hybridized carbons (Fsp3) is 0.833. The van der Waals surface area contributed by atoms with Gasteiger partial charge >= 0.3 is 18.2 Å². The van der Waals surface area contributed by atoms with Crippen molar-refractivity contribution in [3.05, 3.63) is 0 Å². The number of amides is 2. The van der Waals surface area contributed by atoms with E-state index in [4.69, 9.17) is 9.84 Å². The fourth-order valence-electron chi connectivity index (χ4n) is 2.09. The number of hydrogen-bond donors (Lipinski definition) is 2. The maximum atomic E-state index is 12.4. The second-order valence-electron chi connectivity index (χ2n) is 4.89. The Kier molecular flexibility index (Phi) is 6.25. The molecule has 0 saturated carbocycles. The van der Waals surface area contributed by atoms with Gasteiger partial charge in [-0.05, 0) is 19.3 Å². The number of alkyl halides is 3. The van der Waals surface area contributed by atoms with Gasteiger partial charge in [0.2, 0.25) is 0 Å². The Morgan fingerprint density at radius 3 is 2.52 bits per heavy atom. The summed E-state index contributed by atoms with van der Waals surface area (Å²) in [5.41, 5.74) is 0. The summed E-state index contributed by atoms with van der Waals surface area (Å²) in [5.74, 6) is -1.08. The number of nitrogens with zero attached hydrogens (tertiary/aromatic N) is 1. The van der Waals surface area contributed by atoms with Crippen molar-refractivity contribution in [2.75, 3.05) is 19.6 Å². The molecule has 0 radical (unpaired) electrons. The minimum atomic E-state index is -4.45. The molecule has 9 heteroatoms. The Morgan fingerprint density at radius 1 is 1.38 bits per heavy atom. The first kappa shape index (κ1) is 17.5. The molecule has 1 fully saturated rings. The highest BCUT2D eigenvalue weighted by Crippen LogP contribution is 2.20. The molecule has 1 aliphatic heterocycles. The zero-order valence-corrected chi connectivity index (χ0v) is 11.7. The van der Waals surface area contributed by atoms with Crippen molar-refractivity contribution in [1.29, 1.82) is 0 Å². The van der Waals surface area contributed by atoms with E-state index < -0.39 is 36.9 Å². The second kappa shape index (κ2) is 7.48. The highest BCUT2D eigenvalue weighted by molar-refractivity contribution is 5.74. The first-order chi connectivity index (χ1) is 9.73. The molecule has 0 aromatic rings. The third-order valence-corrected chi connectivity index (χ3v) is 3.01. The molecule has 2 amide bonds. The van der Waals surface area contributed by atoms with Crippen molar-refractivity contribution in [3.63, 3.8) is 0 Å². The van der Waals surface area contributed by atoms with Gasteiger partial charge in [-0.3, -0.25) is 0 Å². The van der Waals surface area contributed by atoms with Gasteiger partial charge in [0.1, 0.15) is 6.54 Å². The summed E-state index contributed by atoms with van der Waals surface area (Å²) in [6.45, 7) is 0.361. The van der Waals surface area contributed by atoms with Crippen molar-refractivity contribution < 1.29 is 32.6 Å². The van der Waals surface area contributed by atoms with Crippen molar-refractivity contribution >= 4 is 12.0 Å². The Bertz CT molecular complexity index is 376. The lowest BCUT2D eigenvalue weighted by atomic mass is 10.2. The Balaban J connectivity index is 2.42. The minimum absolute atomic E-state index is 0.000679. The maximum absolute atomic E-state index is 12.4. The summed E-state index contributed by atoms with van der Waals surface area (Å²) in [6.07, 6.45) is -4.66. The average Bonchev–Trinajstić information content (AvgIpc) is 2.82.